The summed E-state index contributed by atoms with van der Waals surface area (Å²) in [5.74, 6) is -5.07. The van der Waals surface area contributed by atoms with Crippen molar-refractivity contribution < 1.29 is 56.0 Å². The van der Waals surface area contributed by atoms with Crippen LogP contribution in [-0.2, 0) is 9.59 Å². The summed E-state index contributed by atoms with van der Waals surface area (Å²) in [5.41, 5.74) is 6.12. The monoisotopic (exact) mass is 597 g/mol. The highest BCUT2D eigenvalue weighted by molar-refractivity contribution is 5.95. The molecule has 0 aliphatic carbocycles. The van der Waals surface area contributed by atoms with E-state index in [2.05, 4.69) is 20.3 Å². The molecule has 1 aliphatic heterocycles. The fraction of sp³-hybridized carbons (Fsp3) is 0.120. The minimum Gasteiger partial charge on any atom is -0.478 e. The Morgan fingerprint density at radius 1 is 0.857 bits per heavy atom. The average molecular weight is 597 g/mol. The molecule has 5 rings (SSSR count). The van der Waals surface area contributed by atoms with Crippen molar-refractivity contribution in [2.45, 2.75) is 19.3 Å². The molecule has 0 saturated carbocycles. The van der Waals surface area contributed by atoms with Gasteiger partial charge in [-0.05, 0) is 42.8 Å². The molecular weight excluding hydrogens is 580 g/mol. The van der Waals surface area contributed by atoms with Crippen LogP contribution in [-0.4, -0.2) is 65.5 Å². The van der Waals surface area contributed by atoms with Gasteiger partial charge < -0.3 is 25.6 Å². The van der Waals surface area contributed by atoms with E-state index in [-0.39, 0.29) is 5.56 Å². The van der Waals surface area contributed by atoms with Gasteiger partial charge in [0, 0.05) is 29.1 Å². The molecular formula is C25H17F6N5O6. The number of halogens is 6. The van der Waals surface area contributed by atoms with E-state index < -0.39 is 30.3 Å². The summed E-state index contributed by atoms with van der Waals surface area (Å²) in [6.07, 6.45) is -4.94. The molecule has 4 aromatic rings. The normalized spacial score (nSPS) is 11.5. The second kappa shape index (κ2) is 11.9. The number of alkyl halides is 6. The van der Waals surface area contributed by atoms with Gasteiger partial charge in [-0.2, -0.15) is 26.3 Å². The molecule has 0 radical (unpaired) electrons. The number of aliphatic carboxylic acids is 2. The summed E-state index contributed by atoms with van der Waals surface area (Å²) in [6.45, 7) is 1.78. The minimum absolute atomic E-state index is 0.284. The number of anilines is 2. The van der Waals surface area contributed by atoms with Crippen LogP contribution in [0, 0.1) is 6.92 Å². The Kier molecular flexibility index (Phi) is 8.83. The van der Waals surface area contributed by atoms with Crippen LogP contribution in [0.2, 0.25) is 0 Å². The number of nitrogens with one attached hydrogen (secondary N) is 2. The number of fused-ring (bicyclic) bond motifs is 5. The van der Waals surface area contributed by atoms with Crippen molar-refractivity contribution in [3.8, 4) is 33.9 Å². The van der Waals surface area contributed by atoms with E-state index in [0.29, 0.717) is 17.2 Å². The SMILES string of the molecule is Cc1cc(-c2nc3c([nH]2)-c2ccncc2Nc2ncccc2-3)ccc1C(=O)O.O=C(O)C(F)(F)F.O=C(O)C(F)(F)F. The maximum Gasteiger partial charge on any atom is 0.490 e. The quantitative estimate of drug-likeness (QED) is 0.163. The molecule has 1 aliphatic rings. The van der Waals surface area contributed by atoms with Crippen LogP contribution in [0.4, 0.5) is 37.8 Å². The summed E-state index contributed by atoms with van der Waals surface area (Å²) >= 11 is 0. The van der Waals surface area contributed by atoms with Gasteiger partial charge >= 0.3 is 30.3 Å². The highest BCUT2D eigenvalue weighted by Crippen LogP contribution is 2.42. The van der Waals surface area contributed by atoms with Crippen molar-refractivity contribution in [1.29, 1.82) is 0 Å². The van der Waals surface area contributed by atoms with Crippen molar-refractivity contribution >= 4 is 29.4 Å². The third-order valence-electron chi connectivity index (χ3n) is 5.33. The van der Waals surface area contributed by atoms with Crippen LogP contribution in [0.5, 0.6) is 0 Å². The van der Waals surface area contributed by atoms with E-state index in [0.717, 1.165) is 33.8 Å². The third-order valence-corrected chi connectivity index (χ3v) is 5.33. The molecule has 11 nitrogen and oxygen atoms in total. The molecule has 0 atom stereocenters. The summed E-state index contributed by atoms with van der Waals surface area (Å²) in [7, 11) is 0. The molecule has 0 unspecified atom stereocenters. The van der Waals surface area contributed by atoms with Crippen LogP contribution in [0.15, 0.2) is 55.0 Å². The first-order valence-electron chi connectivity index (χ1n) is 11.2. The predicted octanol–water partition coefficient (Wildman–Crippen LogP) is 5.53. The highest BCUT2D eigenvalue weighted by atomic mass is 19.4. The number of carboxylic acid groups (broad SMARTS) is 3. The summed E-state index contributed by atoms with van der Waals surface area (Å²) < 4.78 is 63.5. The average Bonchev–Trinajstić information content (AvgIpc) is 3.29. The standard InChI is InChI=1S/C21H15N5O2.2C2HF3O2/c1-11-9-12(4-5-13(11)21(27)28)19-25-17-14-6-8-22-10-16(14)24-20-15(18(17)26-19)3-2-7-23-20;2*3-2(4,5)1(6)7/h2-10H,1H3,(H,23,24)(H,25,26)(H,27,28);2*(H,6,7). The lowest BCUT2D eigenvalue weighted by molar-refractivity contribution is -0.193. The molecule has 0 amide bonds. The zero-order valence-corrected chi connectivity index (χ0v) is 20.9. The van der Waals surface area contributed by atoms with Gasteiger partial charge in [0.2, 0.25) is 0 Å². The van der Waals surface area contributed by atoms with Gasteiger partial charge in [0.1, 0.15) is 17.3 Å². The Bertz CT molecular complexity index is 1560. The molecule has 17 heteroatoms. The maximum atomic E-state index is 11.3. The van der Waals surface area contributed by atoms with Crippen molar-refractivity contribution in [3.05, 3.63) is 66.1 Å². The number of benzene rings is 1. The number of hydrogen-bond acceptors (Lipinski definition) is 7. The van der Waals surface area contributed by atoms with E-state index in [1.807, 2.05) is 24.3 Å². The van der Waals surface area contributed by atoms with Gasteiger partial charge in [0.15, 0.2) is 0 Å². The number of H-pyrrole nitrogens is 1. The number of aromatic nitrogens is 4. The van der Waals surface area contributed by atoms with Crippen molar-refractivity contribution in [3.63, 3.8) is 0 Å². The first kappa shape index (κ1) is 31.1. The number of hydrogen-bond donors (Lipinski definition) is 5. The predicted molar refractivity (Wildman–Crippen MR) is 133 cm³/mol. The number of rotatable bonds is 2. The zero-order valence-electron chi connectivity index (χ0n) is 20.9. The maximum absolute atomic E-state index is 11.3. The van der Waals surface area contributed by atoms with Gasteiger partial charge in [-0.1, -0.05) is 6.07 Å². The third kappa shape index (κ3) is 7.18. The van der Waals surface area contributed by atoms with Gasteiger partial charge in [-0.3, -0.25) is 4.98 Å². The first-order valence-corrected chi connectivity index (χ1v) is 11.2. The number of aromatic carboxylic acids is 1. The van der Waals surface area contributed by atoms with Crippen molar-refractivity contribution in [1.82, 2.24) is 19.9 Å². The van der Waals surface area contributed by atoms with Crippen molar-refractivity contribution in [2.24, 2.45) is 0 Å². The topological polar surface area (TPSA) is 178 Å². The number of pyridine rings is 2. The van der Waals surface area contributed by atoms with Crippen LogP contribution in [0.3, 0.4) is 0 Å². The summed E-state index contributed by atoms with van der Waals surface area (Å²) in [6, 6.07) is 11.0. The van der Waals surface area contributed by atoms with E-state index in [4.69, 9.17) is 24.8 Å². The van der Waals surface area contributed by atoms with Gasteiger partial charge in [0.25, 0.3) is 0 Å². The number of aryl methyl sites for hydroxylation is 1. The summed E-state index contributed by atoms with van der Waals surface area (Å²) in [4.78, 5) is 46.0. The summed E-state index contributed by atoms with van der Waals surface area (Å²) in [5, 5.41) is 26.8. The number of carboxylic acids is 3. The van der Waals surface area contributed by atoms with E-state index in [1.165, 1.54) is 0 Å². The molecule has 0 fully saturated rings. The van der Waals surface area contributed by atoms with E-state index >= 15 is 0 Å². The molecule has 220 valence electrons. The van der Waals surface area contributed by atoms with E-state index in [1.54, 1.807) is 37.6 Å². The molecule has 42 heavy (non-hydrogen) atoms. The molecule has 0 spiro atoms. The molecule has 3 aromatic heterocycles. The lowest BCUT2D eigenvalue weighted by atomic mass is 10.0. The van der Waals surface area contributed by atoms with Crippen LogP contribution >= 0.6 is 0 Å². The largest absolute Gasteiger partial charge is 0.490 e. The van der Waals surface area contributed by atoms with Crippen LogP contribution in [0.25, 0.3) is 33.9 Å². The Balaban J connectivity index is 0.000000289. The van der Waals surface area contributed by atoms with Gasteiger partial charge in [0.05, 0.1) is 23.1 Å². The van der Waals surface area contributed by atoms with Crippen LogP contribution in [0.1, 0.15) is 15.9 Å². The number of nitrogens with zero attached hydrogens (tertiary/aromatic N) is 3. The van der Waals surface area contributed by atoms with Crippen molar-refractivity contribution in [2.75, 3.05) is 5.32 Å². The molecule has 0 saturated heterocycles. The smallest absolute Gasteiger partial charge is 0.478 e. The second-order valence-electron chi connectivity index (χ2n) is 8.20. The Morgan fingerprint density at radius 3 is 2.02 bits per heavy atom. The molecule has 0 bridgehead atoms. The van der Waals surface area contributed by atoms with Gasteiger partial charge in [-0.15, -0.1) is 0 Å². The van der Waals surface area contributed by atoms with Crippen LogP contribution < -0.4 is 5.32 Å². The highest BCUT2D eigenvalue weighted by Gasteiger charge is 2.38. The van der Waals surface area contributed by atoms with E-state index in [9.17, 15) is 36.2 Å². The lowest BCUT2D eigenvalue weighted by Crippen LogP contribution is -2.21. The molecule has 5 N–H and O–H groups in total. The zero-order chi connectivity index (χ0) is 31.4. The number of aromatic amines is 1. The molecule has 4 heterocycles. The fourth-order valence-electron chi connectivity index (χ4n) is 3.49. The Morgan fingerprint density at radius 2 is 1.48 bits per heavy atom. The number of carbonyl (C=O) groups is 3. The lowest BCUT2D eigenvalue weighted by Gasteiger charge is -2.08. The minimum atomic E-state index is -5.08. The fourth-order valence-corrected chi connectivity index (χ4v) is 3.49. The van der Waals surface area contributed by atoms with Gasteiger partial charge in [-0.25, -0.2) is 24.4 Å². The first-order chi connectivity index (χ1) is 19.5. The Hall–Kier alpha value is -5.48. The second-order valence-corrected chi connectivity index (χ2v) is 8.20. The Labute approximate surface area is 230 Å². The molecule has 1 aromatic carbocycles. The number of imidazole rings is 1.